The summed E-state index contributed by atoms with van der Waals surface area (Å²) in [6.45, 7) is 5.54. The van der Waals surface area contributed by atoms with Crippen molar-refractivity contribution >= 4 is 23.0 Å². The Morgan fingerprint density at radius 3 is 2.59 bits per heavy atom. The van der Waals surface area contributed by atoms with Crippen molar-refractivity contribution in [1.82, 2.24) is 0 Å². The summed E-state index contributed by atoms with van der Waals surface area (Å²) in [5, 5.41) is 13.9. The Morgan fingerprint density at radius 1 is 1.19 bits per heavy atom. The third-order valence-electron chi connectivity index (χ3n) is 4.63. The highest BCUT2D eigenvalue weighted by Gasteiger charge is 2.17. The standard InChI is InChI=1S/C20H23N3O4/c1-14-5-8-19(18(11-14)23(25)26)27-13-20(24)21-17-7-6-16(12-15(17)2)22-9-3-4-10-22/h5-8,11-12H,3-4,9-10,13H2,1-2H3,(H,21,24). The van der Waals surface area contributed by atoms with Gasteiger partial charge in [0.15, 0.2) is 12.4 Å². The van der Waals surface area contributed by atoms with Crippen LogP contribution in [0.2, 0.25) is 0 Å². The number of anilines is 2. The smallest absolute Gasteiger partial charge is 0.311 e. The number of ether oxygens (including phenoxy) is 1. The van der Waals surface area contributed by atoms with Crippen LogP contribution in [0.15, 0.2) is 36.4 Å². The topological polar surface area (TPSA) is 84.7 Å². The lowest BCUT2D eigenvalue weighted by Gasteiger charge is -2.19. The highest BCUT2D eigenvalue weighted by atomic mass is 16.6. The van der Waals surface area contributed by atoms with Gasteiger partial charge in [-0.2, -0.15) is 0 Å². The molecule has 0 aromatic heterocycles. The second kappa shape index (κ2) is 8.07. The number of rotatable bonds is 6. The normalized spacial score (nSPS) is 13.5. The maximum absolute atomic E-state index is 12.2. The highest BCUT2D eigenvalue weighted by Crippen LogP contribution is 2.28. The Kier molecular flexibility index (Phi) is 5.59. The third kappa shape index (κ3) is 4.55. The van der Waals surface area contributed by atoms with Crippen LogP contribution in [0.5, 0.6) is 5.75 Å². The molecule has 7 heteroatoms. The molecule has 0 spiro atoms. The van der Waals surface area contributed by atoms with Gasteiger partial charge in [0.25, 0.3) is 5.91 Å². The summed E-state index contributed by atoms with van der Waals surface area (Å²) in [5.41, 5.74) is 3.45. The van der Waals surface area contributed by atoms with Crippen molar-refractivity contribution in [2.45, 2.75) is 26.7 Å². The van der Waals surface area contributed by atoms with E-state index in [0.29, 0.717) is 5.69 Å². The molecule has 142 valence electrons. The molecular formula is C20H23N3O4. The monoisotopic (exact) mass is 369 g/mol. The molecule has 1 heterocycles. The molecule has 1 aliphatic heterocycles. The number of nitrogens with one attached hydrogen (secondary N) is 1. The van der Waals surface area contributed by atoms with E-state index in [0.717, 1.165) is 29.9 Å². The first-order chi connectivity index (χ1) is 12.9. The van der Waals surface area contributed by atoms with Crippen molar-refractivity contribution in [2.24, 2.45) is 0 Å². The van der Waals surface area contributed by atoms with Gasteiger partial charge in [-0.25, -0.2) is 0 Å². The van der Waals surface area contributed by atoms with E-state index in [-0.39, 0.29) is 24.0 Å². The first kappa shape index (κ1) is 18.7. The summed E-state index contributed by atoms with van der Waals surface area (Å²) >= 11 is 0. The number of amides is 1. The Hall–Kier alpha value is -3.09. The number of benzene rings is 2. The van der Waals surface area contributed by atoms with Gasteiger partial charge in [0.1, 0.15) is 0 Å². The van der Waals surface area contributed by atoms with Gasteiger partial charge in [0, 0.05) is 30.5 Å². The number of nitrogens with zero attached hydrogens (tertiary/aromatic N) is 2. The van der Waals surface area contributed by atoms with E-state index < -0.39 is 4.92 Å². The maximum Gasteiger partial charge on any atom is 0.311 e. The zero-order valence-corrected chi connectivity index (χ0v) is 15.5. The van der Waals surface area contributed by atoms with Crippen molar-refractivity contribution in [2.75, 3.05) is 29.9 Å². The maximum atomic E-state index is 12.2. The van der Waals surface area contributed by atoms with E-state index in [1.165, 1.54) is 25.0 Å². The van der Waals surface area contributed by atoms with Crippen LogP contribution in [0.25, 0.3) is 0 Å². The molecule has 0 aliphatic carbocycles. The average Bonchev–Trinajstić information content (AvgIpc) is 3.17. The fraction of sp³-hybridized carbons (Fsp3) is 0.350. The number of hydrogen-bond donors (Lipinski definition) is 1. The molecule has 7 nitrogen and oxygen atoms in total. The molecule has 0 radical (unpaired) electrons. The molecule has 1 amide bonds. The predicted octanol–water partition coefficient (Wildman–Crippen LogP) is 3.83. The molecule has 3 rings (SSSR count). The Bertz CT molecular complexity index is 860. The highest BCUT2D eigenvalue weighted by molar-refractivity contribution is 5.93. The summed E-state index contributed by atoms with van der Waals surface area (Å²) in [7, 11) is 0. The number of hydrogen-bond acceptors (Lipinski definition) is 5. The molecule has 2 aromatic rings. The van der Waals surface area contributed by atoms with Crippen LogP contribution < -0.4 is 15.0 Å². The molecule has 2 aromatic carbocycles. The molecule has 0 unspecified atom stereocenters. The summed E-state index contributed by atoms with van der Waals surface area (Å²) in [5.74, 6) is -0.274. The lowest BCUT2D eigenvalue weighted by Crippen LogP contribution is -2.21. The quantitative estimate of drug-likeness (QED) is 0.618. The van der Waals surface area contributed by atoms with Crippen molar-refractivity contribution in [3.05, 3.63) is 57.6 Å². The van der Waals surface area contributed by atoms with Crippen molar-refractivity contribution in [3.63, 3.8) is 0 Å². The van der Waals surface area contributed by atoms with Gasteiger partial charge in [0.2, 0.25) is 0 Å². The van der Waals surface area contributed by atoms with Crippen LogP contribution in [0, 0.1) is 24.0 Å². The molecule has 0 saturated carbocycles. The number of carbonyl (C=O) groups is 1. The number of carbonyl (C=O) groups excluding carboxylic acids is 1. The van der Waals surface area contributed by atoms with Gasteiger partial charge in [-0.05, 0) is 62.1 Å². The van der Waals surface area contributed by atoms with E-state index in [1.54, 1.807) is 13.0 Å². The summed E-state index contributed by atoms with van der Waals surface area (Å²) in [6, 6.07) is 10.6. The molecular weight excluding hydrogens is 346 g/mol. The van der Waals surface area contributed by atoms with Gasteiger partial charge >= 0.3 is 5.69 Å². The molecule has 1 aliphatic rings. The van der Waals surface area contributed by atoms with Gasteiger partial charge in [0.05, 0.1) is 4.92 Å². The van der Waals surface area contributed by atoms with Crippen LogP contribution in [0.3, 0.4) is 0 Å². The fourth-order valence-electron chi connectivity index (χ4n) is 3.18. The van der Waals surface area contributed by atoms with E-state index >= 15 is 0 Å². The second-order valence-electron chi connectivity index (χ2n) is 6.76. The first-order valence-electron chi connectivity index (χ1n) is 8.97. The Morgan fingerprint density at radius 2 is 1.93 bits per heavy atom. The number of nitro groups is 1. The van der Waals surface area contributed by atoms with Crippen molar-refractivity contribution < 1.29 is 14.5 Å². The summed E-state index contributed by atoms with van der Waals surface area (Å²) in [4.78, 5) is 25.1. The predicted molar refractivity (Wildman–Crippen MR) is 105 cm³/mol. The largest absolute Gasteiger partial charge is 0.477 e. The van der Waals surface area contributed by atoms with E-state index in [4.69, 9.17) is 4.74 Å². The number of aryl methyl sites for hydroxylation is 2. The molecule has 1 fully saturated rings. The SMILES string of the molecule is Cc1ccc(OCC(=O)Nc2ccc(N3CCCC3)cc2C)c([N+](=O)[O-])c1. The minimum absolute atomic E-state index is 0.0850. The number of nitro benzene ring substituents is 1. The van der Waals surface area contributed by atoms with Gasteiger partial charge in [-0.3, -0.25) is 14.9 Å². The minimum Gasteiger partial charge on any atom is -0.477 e. The van der Waals surface area contributed by atoms with Crippen LogP contribution in [0.1, 0.15) is 24.0 Å². The van der Waals surface area contributed by atoms with Crippen LogP contribution in [-0.2, 0) is 4.79 Å². The van der Waals surface area contributed by atoms with E-state index in [1.807, 2.05) is 19.1 Å². The van der Waals surface area contributed by atoms with Crippen LogP contribution >= 0.6 is 0 Å². The van der Waals surface area contributed by atoms with Gasteiger partial charge < -0.3 is 15.0 Å². The second-order valence-corrected chi connectivity index (χ2v) is 6.76. The lowest BCUT2D eigenvalue weighted by atomic mass is 10.1. The third-order valence-corrected chi connectivity index (χ3v) is 4.63. The summed E-state index contributed by atoms with van der Waals surface area (Å²) < 4.78 is 5.37. The zero-order chi connectivity index (χ0) is 19.4. The van der Waals surface area contributed by atoms with Gasteiger partial charge in [-0.15, -0.1) is 0 Å². The van der Waals surface area contributed by atoms with E-state index in [9.17, 15) is 14.9 Å². The summed E-state index contributed by atoms with van der Waals surface area (Å²) in [6.07, 6.45) is 2.42. The van der Waals surface area contributed by atoms with Crippen LogP contribution in [0.4, 0.5) is 17.1 Å². The molecule has 0 bridgehead atoms. The molecule has 0 atom stereocenters. The minimum atomic E-state index is -0.512. The first-order valence-corrected chi connectivity index (χ1v) is 8.97. The average molecular weight is 369 g/mol. The Labute approximate surface area is 158 Å². The lowest BCUT2D eigenvalue weighted by molar-refractivity contribution is -0.385. The Balaban J connectivity index is 1.62. The molecule has 27 heavy (non-hydrogen) atoms. The van der Waals surface area contributed by atoms with E-state index in [2.05, 4.69) is 16.3 Å². The van der Waals surface area contributed by atoms with Crippen molar-refractivity contribution in [3.8, 4) is 5.75 Å². The van der Waals surface area contributed by atoms with Crippen molar-refractivity contribution in [1.29, 1.82) is 0 Å². The van der Waals surface area contributed by atoms with Crippen LogP contribution in [-0.4, -0.2) is 30.5 Å². The fourth-order valence-corrected chi connectivity index (χ4v) is 3.18. The zero-order valence-electron chi connectivity index (χ0n) is 15.5. The molecule has 1 N–H and O–H groups in total. The van der Waals surface area contributed by atoms with Gasteiger partial charge in [-0.1, -0.05) is 6.07 Å². The molecule has 1 saturated heterocycles.